The predicted octanol–water partition coefficient (Wildman–Crippen LogP) is 0.924. The van der Waals surface area contributed by atoms with E-state index in [9.17, 15) is 9.59 Å². The minimum atomic E-state index is -1.04. The normalized spacial score (nSPS) is 16.8. The summed E-state index contributed by atoms with van der Waals surface area (Å²) in [5.74, 6) is -2.23. The van der Waals surface area contributed by atoms with E-state index in [0.717, 1.165) is 13.3 Å². The molecule has 21 heavy (non-hydrogen) atoms. The van der Waals surface area contributed by atoms with Crippen LogP contribution < -0.4 is 4.90 Å². The van der Waals surface area contributed by atoms with E-state index in [4.69, 9.17) is 20.1 Å². The summed E-state index contributed by atoms with van der Waals surface area (Å²) in [4.78, 5) is 36.3. The molecule has 0 amide bonds. The highest BCUT2D eigenvalue weighted by molar-refractivity contribution is 5.87. The van der Waals surface area contributed by atoms with E-state index in [0.29, 0.717) is 18.8 Å². The van der Waals surface area contributed by atoms with E-state index < -0.39 is 23.9 Å². The molecular formula is C13H16N2O6. The Morgan fingerprint density at radius 2 is 1.86 bits per heavy atom. The summed E-state index contributed by atoms with van der Waals surface area (Å²) in [5.41, 5.74) is 0.0971. The van der Waals surface area contributed by atoms with Crippen molar-refractivity contribution in [1.82, 2.24) is 4.98 Å². The van der Waals surface area contributed by atoms with Crippen LogP contribution in [0.5, 0.6) is 0 Å². The molecular weight excluding hydrogens is 280 g/mol. The average Bonchev–Trinajstić information content (AvgIpc) is 2.87. The van der Waals surface area contributed by atoms with Crippen LogP contribution in [0.2, 0.25) is 0 Å². The predicted molar refractivity (Wildman–Crippen MR) is 72.5 cm³/mol. The third kappa shape index (κ3) is 4.75. The maximum atomic E-state index is 11.0. The fraction of sp³-hybridized carbons (Fsp3) is 0.385. The second-order valence-electron chi connectivity index (χ2n) is 4.42. The largest absolute Gasteiger partial charge is 0.481 e. The summed E-state index contributed by atoms with van der Waals surface area (Å²) >= 11 is 0. The number of hydrogen-bond acceptors (Lipinski definition) is 5. The number of aromatic nitrogens is 1. The van der Waals surface area contributed by atoms with Gasteiger partial charge in [0.2, 0.25) is 0 Å². The topological polar surface area (TPSA) is 128 Å². The van der Waals surface area contributed by atoms with Crippen LogP contribution in [-0.2, 0) is 9.59 Å². The van der Waals surface area contributed by atoms with Gasteiger partial charge in [0.15, 0.2) is 0 Å². The Balaban J connectivity index is 0.000000491. The van der Waals surface area contributed by atoms with Gasteiger partial charge >= 0.3 is 11.9 Å². The zero-order valence-corrected chi connectivity index (χ0v) is 11.4. The molecule has 8 heteroatoms. The molecule has 1 aliphatic heterocycles. The lowest BCUT2D eigenvalue weighted by Gasteiger charge is -2.22. The Hall–Kier alpha value is -2.64. The minimum Gasteiger partial charge on any atom is -0.481 e. The van der Waals surface area contributed by atoms with Crippen molar-refractivity contribution in [1.29, 1.82) is 0 Å². The molecule has 114 valence electrons. The average molecular weight is 296 g/mol. The van der Waals surface area contributed by atoms with Crippen LogP contribution >= 0.6 is 0 Å². The fourth-order valence-corrected chi connectivity index (χ4v) is 1.98. The van der Waals surface area contributed by atoms with E-state index in [1.807, 2.05) is 0 Å². The smallest absolute Gasteiger partial charge is 0.337 e. The number of nitrogens with zero attached hydrogens (tertiary/aromatic N) is 2. The van der Waals surface area contributed by atoms with E-state index in [1.165, 1.54) is 12.3 Å². The standard InChI is InChI=1S/C11H12N2O4.C2H4O2/c14-10(15)7-3-4-9(12-6-7)13-5-1-2-8(13)11(16)17;1-2(3)4/h3-4,6,8H,1-2,5H2,(H,14,15)(H,16,17);1H3,(H,3,4)/t8-;/m1./s1. The van der Waals surface area contributed by atoms with Gasteiger partial charge in [0, 0.05) is 19.7 Å². The molecule has 1 aromatic heterocycles. The summed E-state index contributed by atoms with van der Waals surface area (Å²) in [7, 11) is 0. The van der Waals surface area contributed by atoms with E-state index in [1.54, 1.807) is 11.0 Å². The lowest BCUT2D eigenvalue weighted by molar-refractivity contribution is -0.138. The van der Waals surface area contributed by atoms with Crippen molar-refractivity contribution in [2.45, 2.75) is 25.8 Å². The molecule has 1 aromatic rings. The van der Waals surface area contributed by atoms with Crippen LogP contribution in [-0.4, -0.2) is 50.8 Å². The minimum absolute atomic E-state index is 0.0971. The van der Waals surface area contributed by atoms with Crippen LogP contribution in [0.4, 0.5) is 5.82 Å². The van der Waals surface area contributed by atoms with Gasteiger partial charge in [-0.2, -0.15) is 0 Å². The molecule has 0 aliphatic carbocycles. The highest BCUT2D eigenvalue weighted by Gasteiger charge is 2.31. The third-order valence-corrected chi connectivity index (χ3v) is 2.83. The van der Waals surface area contributed by atoms with Gasteiger partial charge in [-0.25, -0.2) is 14.6 Å². The first-order valence-electron chi connectivity index (χ1n) is 6.21. The Bertz CT molecular complexity index is 524. The SMILES string of the molecule is CC(=O)O.O=C(O)c1ccc(N2CCC[C@@H]2C(=O)O)nc1. The lowest BCUT2D eigenvalue weighted by atomic mass is 10.2. The number of aliphatic carboxylic acids is 2. The number of rotatable bonds is 3. The van der Waals surface area contributed by atoms with Crippen molar-refractivity contribution in [2.24, 2.45) is 0 Å². The van der Waals surface area contributed by atoms with Gasteiger partial charge in [-0.15, -0.1) is 0 Å². The molecule has 0 saturated carbocycles. The third-order valence-electron chi connectivity index (χ3n) is 2.83. The molecule has 0 spiro atoms. The van der Waals surface area contributed by atoms with Crippen molar-refractivity contribution >= 4 is 23.7 Å². The molecule has 0 radical (unpaired) electrons. The molecule has 1 saturated heterocycles. The molecule has 0 unspecified atom stereocenters. The van der Waals surface area contributed by atoms with Gasteiger partial charge in [0.05, 0.1) is 5.56 Å². The molecule has 1 atom stereocenters. The number of anilines is 1. The Labute approximate surface area is 120 Å². The first-order valence-corrected chi connectivity index (χ1v) is 6.21. The monoisotopic (exact) mass is 296 g/mol. The summed E-state index contributed by atoms with van der Waals surface area (Å²) in [6.45, 7) is 1.72. The highest BCUT2D eigenvalue weighted by atomic mass is 16.4. The van der Waals surface area contributed by atoms with E-state index >= 15 is 0 Å². The van der Waals surface area contributed by atoms with Gasteiger partial charge in [-0.05, 0) is 25.0 Å². The van der Waals surface area contributed by atoms with E-state index in [-0.39, 0.29) is 5.56 Å². The van der Waals surface area contributed by atoms with Crippen molar-refractivity contribution in [3.63, 3.8) is 0 Å². The van der Waals surface area contributed by atoms with Gasteiger partial charge in [0.1, 0.15) is 11.9 Å². The van der Waals surface area contributed by atoms with Crippen molar-refractivity contribution in [3.05, 3.63) is 23.9 Å². The maximum absolute atomic E-state index is 11.0. The second-order valence-corrected chi connectivity index (χ2v) is 4.42. The van der Waals surface area contributed by atoms with Gasteiger partial charge in [-0.3, -0.25) is 4.79 Å². The van der Waals surface area contributed by atoms with Crippen LogP contribution in [0.15, 0.2) is 18.3 Å². The first kappa shape index (κ1) is 16.4. The molecule has 2 heterocycles. The Morgan fingerprint density at radius 1 is 1.24 bits per heavy atom. The van der Waals surface area contributed by atoms with Gasteiger partial charge in [0.25, 0.3) is 5.97 Å². The molecule has 8 nitrogen and oxygen atoms in total. The highest BCUT2D eigenvalue weighted by Crippen LogP contribution is 2.23. The molecule has 2 rings (SSSR count). The Morgan fingerprint density at radius 3 is 2.29 bits per heavy atom. The van der Waals surface area contributed by atoms with Crippen molar-refractivity contribution < 1.29 is 29.7 Å². The first-order chi connectivity index (χ1) is 9.82. The maximum Gasteiger partial charge on any atom is 0.337 e. The fourth-order valence-electron chi connectivity index (χ4n) is 1.98. The quantitative estimate of drug-likeness (QED) is 0.751. The van der Waals surface area contributed by atoms with Crippen LogP contribution in [0.1, 0.15) is 30.1 Å². The van der Waals surface area contributed by atoms with Gasteiger partial charge < -0.3 is 20.2 Å². The van der Waals surface area contributed by atoms with Gasteiger partial charge in [-0.1, -0.05) is 0 Å². The zero-order valence-electron chi connectivity index (χ0n) is 11.4. The van der Waals surface area contributed by atoms with Crippen LogP contribution in [0.3, 0.4) is 0 Å². The molecule has 3 N–H and O–H groups in total. The molecule has 0 bridgehead atoms. The molecule has 0 aromatic carbocycles. The summed E-state index contributed by atoms with van der Waals surface area (Å²) < 4.78 is 0. The number of pyridine rings is 1. The second kappa shape index (κ2) is 7.22. The summed E-state index contributed by atoms with van der Waals surface area (Å²) in [5, 5.41) is 25.2. The van der Waals surface area contributed by atoms with Crippen LogP contribution in [0, 0.1) is 0 Å². The molecule has 1 aliphatic rings. The zero-order chi connectivity index (χ0) is 16.0. The summed E-state index contributed by atoms with van der Waals surface area (Å²) in [6.07, 6.45) is 2.64. The van der Waals surface area contributed by atoms with E-state index in [2.05, 4.69) is 4.98 Å². The summed E-state index contributed by atoms with van der Waals surface area (Å²) in [6, 6.07) is 2.42. The van der Waals surface area contributed by atoms with Crippen LogP contribution in [0.25, 0.3) is 0 Å². The molecule has 1 fully saturated rings. The number of carboxylic acid groups (broad SMARTS) is 3. The Kier molecular flexibility index (Phi) is 5.65. The lowest BCUT2D eigenvalue weighted by Crippen LogP contribution is -2.36. The van der Waals surface area contributed by atoms with Crippen molar-refractivity contribution in [3.8, 4) is 0 Å². The number of carbonyl (C=O) groups is 3. The van der Waals surface area contributed by atoms with Crippen molar-refractivity contribution in [2.75, 3.05) is 11.4 Å². The number of hydrogen-bond donors (Lipinski definition) is 3. The number of carboxylic acids is 3. The number of aromatic carboxylic acids is 1.